The number of ether oxygens (including phenoxy) is 1. The summed E-state index contributed by atoms with van der Waals surface area (Å²) in [6.07, 6.45) is 2.02. The molecule has 2 atom stereocenters. The molecule has 2 heterocycles. The Hall–Kier alpha value is -2.70. The first-order valence-electron chi connectivity index (χ1n) is 9.72. The van der Waals surface area contributed by atoms with Crippen molar-refractivity contribution in [3.05, 3.63) is 35.4 Å². The van der Waals surface area contributed by atoms with Crippen LogP contribution in [0.25, 0.3) is 0 Å². The molecule has 150 valence electrons. The standard InChI is InChI=1S/C21H26N2O5/c1-13(2)18(23-19(25)15-8-4-5-9-16(15)20(23)26)21(27)28-12-17(24)22-10-6-7-14(3)11-22/h4-5,8-9,13-14,18H,6-7,10-12H2,1-3H3/t14-,18+/m1/s1. The fourth-order valence-electron chi connectivity index (χ4n) is 3.86. The van der Waals surface area contributed by atoms with Crippen LogP contribution in [-0.4, -0.2) is 59.2 Å². The predicted octanol–water partition coefficient (Wildman–Crippen LogP) is 2.11. The summed E-state index contributed by atoms with van der Waals surface area (Å²) in [7, 11) is 0. The molecular formula is C21H26N2O5. The van der Waals surface area contributed by atoms with Gasteiger partial charge in [-0.25, -0.2) is 4.79 Å². The molecule has 0 saturated carbocycles. The third-order valence-corrected chi connectivity index (χ3v) is 5.32. The summed E-state index contributed by atoms with van der Waals surface area (Å²) in [5.74, 6) is -1.91. The van der Waals surface area contributed by atoms with E-state index in [-0.39, 0.29) is 29.6 Å². The Labute approximate surface area is 164 Å². The number of likely N-dealkylation sites (tertiary alicyclic amines) is 1. The van der Waals surface area contributed by atoms with Crippen LogP contribution in [0.4, 0.5) is 0 Å². The van der Waals surface area contributed by atoms with Crippen molar-refractivity contribution in [2.45, 2.75) is 39.7 Å². The highest BCUT2D eigenvalue weighted by Crippen LogP contribution is 2.27. The Bertz CT molecular complexity index is 769. The summed E-state index contributed by atoms with van der Waals surface area (Å²) in [6, 6.07) is 5.42. The van der Waals surface area contributed by atoms with Gasteiger partial charge in [0.25, 0.3) is 17.7 Å². The number of nitrogens with zero attached hydrogens (tertiary/aromatic N) is 2. The van der Waals surface area contributed by atoms with Crippen LogP contribution in [0, 0.1) is 11.8 Å². The second kappa shape index (κ2) is 8.12. The number of esters is 1. The Balaban J connectivity index is 1.69. The van der Waals surface area contributed by atoms with Crippen molar-refractivity contribution in [2.24, 2.45) is 11.8 Å². The van der Waals surface area contributed by atoms with E-state index in [1.165, 1.54) is 0 Å². The second-order valence-electron chi connectivity index (χ2n) is 7.91. The Morgan fingerprint density at radius 1 is 1.14 bits per heavy atom. The van der Waals surface area contributed by atoms with Gasteiger partial charge in [0.2, 0.25) is 0 Å². The molecule has 1 saturated heterocycles. The molecule has 1 aromatic rings. The molecule has 0 spiro atoms. The number of carbonyl (C=O) groups excluding carboxylic acids is 4. The lowest BCUT2D eigenvalue weighted by Gasteiger charge is -2.31. The van der Waals surface area contributed by atoms with Crippen molar-refractivity contribution < 1.29 is 23.9 Å². The van der Waals surface area contributed by atoms with Gasteiger partial charge in [-0.05, 0) is 36.8 Å². The summed E-state index contributed by atoms with van der Waals surface area (Å²) in [5, 5.41) is 0. The number of hydrogen-bond donors (Lipinski definition) is 0. The van der Waals surface area contributed by atoms with Crippen LogP contribution < -0.4 is 0 Å². The molecule has 28 heavy (non-hydrogen) atoms. The summed E-state index contributed by atoms with van der Waals surface area (Å²) >= 11 is 0. The molecule has 0 radical (unpaired) electrons. The topological polar surface area (TPSA) is 84.0 Å². The molecule has 3 rings (SSSR count). The van der Waals surface area contributed by atoms with Crippen molar-refractivity contribution in [1.29, 1.82) is 0 Å². The summed E-state index contributed by atoms with van der Waals surface area (Å²) in [4.78, 5) is 53.2. The molecule has 0 N–H and O–H groups in total. The number of fused-ring (bicyclic) bond motifs is 1. The van der Waals surface area contributed by atoms with Gasteiger partial charge in [-0.2, -0.15) is 0 Å². The number of benzene rings is 1. The molecule has 0 unspecified atom stereocenters. The minimum absolute atomic E-state index is 0.246. The third kappa shape index (κ3) is 3.79. The minimum Gasteiger partial charge on any atom is -0.454 e. The first-order chi connectivity index (χ1) is 13.3. The van der Waals surface area contributed by atoms with Crippen LogP contribution in [0.1, 0.15) is 54.3 Å². The van der Waals surface area contributed by atoms with Gasteiger partial charge >= 0.3 is 5.97 Å². The molecule has 1 fully saturated rings. The number of amides is 3. The van der Waals surface area contributed by atoms with Crippen molar-refractivity contribution >= 4 is 23.7 Å². The first-order valence-corrected chi connectivity index (χ1v) is 9.72. The maximum atomic E-state index is 12.7. The lowest BCUT2D eigenvalue weighted by atomic mass is 10.0. The molecule has 1 aromatic carbocycles. The average molecular weight is 386 g/mol. The lowest BCUT2D eigenvalue weighted by molar-refractivity contribution is -0.157. The van der Waals surface area contributed by atoms with Crippen molar-refractivity contribution in [2.75, 3.05) is 19.7 Å². The SMILES string of the molecule is CC(C)[C@@H](C(=O)OCC(=O)N1CCC[C@@H](C)C1)N1C(=O)c2ccccc2C1=O. The van der Waals surface area contributed by atoms with Gasteiger partial charge in [-0.1, -0.05) is 32.9 Å². The highest BCUT2D eigenvalue weighted by Gasteiger charge is 2.44. The Kier molecular flexibility index (Phi) is 5.82. The highest BCUT2D eigenvalue weighted by molar-refractivity contribution is 6.22. The maximum Gasteiger partial charge on any atom is 0.330 e. The van der Waals surface area contributed by atoms with E-state index in [9.17, 15) is 19.2 Å². The normalized spacial score (nSPS) is 20.4. The average Bonchev–Trinajstić information content (AvgIpc) is 2.91. The number of rotatable bonds is 5. The third-order valence-electron chi connectivity index (χ3n) is 5.32. The first kappa shape index (κ1) is 20.0. The van der Waals surface area contributed by atoms with Gasteiger partial charge in [0, 0.05) is 13.1 Å². The molecule has 3 amide bonds. The molecule has 2 aliphatic rings. The van der Waals surface area contributed by atoms with Gasteiger partial charge in [0.05, 0.1) is 11.1 Å². The van der Waals surface area contributed by atoms with Crippen LogP contribution in [-0.2, 0) is 14.3 Å². The van der Waals surface area contributed by atoms with Crippen molar-refractivity contribution in [3.8, 4) is 0 Å². The minimum atomic E-state index is -1.07. The monoisotopic (exact) mass is 386 g/mol. The Morgan fingerprint density at radius 2 is 1.75 bits per heavy atom. The molecular weight excluding hydrogens is 360 g/mol. The van der Waals surface area contributed by atoms with Crippen LogP contribution in [0.5, 0.6) is 0 Å². The number of carbonyl (C=O) groups is 4. The van der Waals surface area contributed by atoms with E-state index in [0.29, 0.717) is 19.0 Å². The fourth-order valence-corrected chi connectivity index (χ4v) is 3.86. The highest BCUT2D eigenvalue weighted by atomic mass is 16.5. The summed E-state index contributed by atoms with van der Waals surface area (Å²) in [6.45, 7) is 6.50. The van der Waals surface area contributed by atoms with E-state index in [4.69, 9.17) is 4.74 Å². The van der Waals surface area contributed by atoms with Crippen molar-refractivity contribution in [3.63, 3.8) is 0 Å². The summed E-state index contributed by atoms with van der Waals surface area (Å²) in [5.41, 5.74) is 0.564. The second-order valence-corrected chi connectivity index (χ2v) is 7.91. The zero-order valence-corrected chi connectivity index (χ0v) is 16.5. The van der Waals surface area contributed by atoms with Crippen molar-refractivity contribution in [1.82, 2.24) is 9.80 Å². The number of hydrogen-bond acceptors (Lipinski definition) is 5. The summed E-state index contributed by atoms with van der Waals surface area (Å²) < 4.78 is 5.25. The fraction of sp³-hybridized carbons (Fsp3) is 0.524. The van der Waals surface area contributed by atoms with Gasteiger partial charge < -0.3 is 9.64 Å². The Morgan fingerprint density at radius 3 is 2.29 bits per heavy atom. The number of imide groups is 1. The molecule has 0 bridgehead atoms. The van der Waals surface area contributed by atoms with Gasteiger partial charge in [-0.3, -0.25) is 19.3 Å². The van der Waals surface area contributed by atoms with Gasteiger partial charge in [-0.15, -0.1) is 0 Å². The molecule has 7 nitrogen and oxygen atoms in total. The van der Waals surface area contributed by atoms with Gasteiger partial charge in [0.1, 0.15) is 6.04 Å². The van der Waals surface area contributed by atoms with Crippen LogP contribution in [0.3, 0.4) is 0 Å². The molecule has 0 aromatic heterocycles. The largest absolute Gasteiger partial charge is 0.454 e. The maximum absolute atomic E-state index is 12.7. The molecule has 0 aliphatic carbocycles. The quantitative estimate of drug-likeness (QED) is 0.572. The van der Waals surface area contributed by atoms with E-state index in [2.05, 4.69) is 6.92 Å². The van der Waals surface area contributed by atoms with Gasteiger partial charge in [0.15, 0.2) is 6.61 Å². The lowest BCUT2D eigenvalue weighted by Crippen LogP contribution is -2.49. The zero-order valence-electron chi connectivity index (χ0n) is 16.5. The van der Waals surface area contributed by atoms with E-state index in [0.717, 1.165) is 17.7 Å². The molecule has 2 aliphatic heterocycles. The predicted molar refractivity (Wildman–Crippen MR) is 102 cm³/mol. The van der Waals surface area contributed by atoms with Crippen LogP contribution in [0.2, 0.25) is 0 Å². The molecule has 7 heteroatoms. The smallest absolute Gasteiger partial charge is 0.330 e. The van der Waals surface area contributed by atoms with E-state index in [1.807, 2.05) is 0 Å². The van der Waals surface area contributed by atoms with E-state index >= 15 is 0 Å². The van der Waals surface area contributed by atoms with Crippen LogP contribution >= 0.6 is 0 Å². The van der Waals surface area contributed by atoms with E-state index in [1.54, 1.807) is 43.0 Å². The van der Waals surface area contributed by atoms with E-state index < -0.39 is 23.8 Å². The van der Waals surface area contributed by atoms with Crippen LogP contribution in [0.15, 0.2) is 24.3 Å². The number of piperidine rings is 1. The zero-order chi connectivity index (χ0) is 20.4.